The van der Waals surface area contributed by atoms with Crippen molar-refractivity contribution in [1.82, 2.24) is 14.5 Å². The zero-order chi connectivity index (χ0) is 21.9. The van der Waals surface area contributed by atoms with Crippen molar-refractivity contribution in [2.75, 3.05) is 32.9 Å². The van der Waals surface area contributed by atoms with Gasteiger partial charge in [0.1, 0.15) is 5.75 Å². The second-order valence-corrected chi connectivity index (χ2v) is 9.57. The summed E-state index contributed by atoms with van der Waals surface area (Å²) in [5, 5.41) is 2.76. The van der Waals surface area contributed by atoms with E-state index in [1.165, 1.54) is 4.31 Å². The fourth-order valence-corrected chi connectivity index (χ4v) is 4.84. The Hall–Kier alpha value is -2.58. The maximum Gasteiger partial charge on any atom is 0.320 e. The van der Waals surface area contributed by atoms with Crippen LogP contribution in [0.4, 0.5) is 4.79 Å². The molecule has 2 amide bonds. The molecule has 7 nitrogen and oxygen atoms in total. The monoisotopic (exact) mass is 431 g/mol. The number of hydrogen-bond donors (Lipinski definition) is 1. The molecule has 0 aromatic heterocycles. The van der Waals surface area contributed by atoms with E-state index in [2.05, 4.69) is 5.32 Å². The van der Waals surface area contributed by atoms with Crippen LogP contribution in [-0.2, 0) is 10.0 Å². The third kappa shape index (κ3) is 4.76. The summed E-state index contributed by atoms with van der Waals surface area (Å²) in [5.74, 6) is 0.782. The normalized spacial score (nSPS) is 15.1. The third-order valence-electron chi connectivity index (χ3n) is 5.50. The van der Waals surface area contributed by atoms with Crippen molar-refractivity contribution in [3.63, 3.8) is 0 Å². The molecule has 1 heterocycles. The van der Waals surface area contributed by atoms with E-state index >= 15 is 0 Å². The number of benzene rings is 2. The Balaban J connectivity index is 1.52. The fraction of sp³-hybridized carbons (Fsp3) is 0.409. The Kier molecular flexibility index (Phi) is 6.67. The Morgan fingerprint density at radius 2 is 1.53 bits per heavy atom. The molecule has 2 aromatic carbocycles. The van der Waals surface area contributed by atoms with Gasteiger partial charge in [-0.05, 0) is 56.5 Å². The van der Waals surface area contributed by atoms with E-state index in [0.29, 0.717) is 13.1 Å². The third-order valence-corrected chi connectivity index (χ3v) is 7.41. The molecule has 1 saturated heterocycles. The van der Waals surface area contributed by atoms with E-state index < -0.39 is 10.0 Å². The minimum Gasteiger partial charge on any atom is -0.473 e. The summed E-state index contributed by atoms with van der Waals surface area (Å²) in [6.45, 7) is 9.15. The van der Waals surface area contributed by atoms with E-state index in [1.54, 1.807) is 29.2 Å². The first kappa shape index (κ1) is 22.1. The van der Waals surface area contributed by atoms with E-state index in [-0.39, 0.29) is 30.7 Å². The molecule has 1 aliphatic heterocycles. The molecule has 0 atom stereocenters. The van der Waals surface area contributed by atoms with Crippen LogP contribution in [0, 0.1) is 27.7 Å². The number of sulfonamides is 1. The minimum atomic E-state index is -3.54. The van der Waals surface area contributed by atoms with Crippen LogP contribution in [0.2, 0.25) is 0 Å². The number of rotatable bonds is 5. The number of nitrogens with one attached hydrogen (secondary N) is 1. The largest absolute Gasteiger partial charge is 0.473 e. The van der Waals surface area contributed by atoms with Crippen LogP contribution in [0.15, 0.2) is 41.3 Å². The second-order valence-electron chi connectivity index (χ2n) is 7.63. The molecule has 1 fully saturated rings. The van der Waals surface area contributed by atoms with Gasteiger partial charge in [-0.15, -0.1) is 0 Å². The molecule has 0 bridgehead atoms. The quantitative estimate of drug-likeness (QED) is 0.739. The molecule has 1 N–H and O–H groups in total. The molecule has 0 radical (unpaired) electrons. The van der Waals surface area contributed by atoms with E-state index in [4.69, 9.17) is 4.74 Å². The Bertz CT molecular complexity index is 1010. The van der Waals surface area contributed by atoms with Gasteiger partial charge in [0.15, 0.2) is 6.73 Å². The maximum atomic E-state index is 12.8. The number of urea groups is 1. The van der Waals surface area contributed by atoms with Crippen LogP contribution in [0.5, 0.6) is 5.75 Å². The van der Waals surface area contributed by atoms with Gasteiger partial charge in [0.2, 0.25) is 10.0 Å². The molecule has 0 aliphatic carbocycles. The second kappa shape index (κ2) is 9.06. The van der Waals surface area contributed by atoms with Gasteiger partial charge in [-0.2, -0.15) is 4.31 Å². The lowest BCUT2D eigenvalue weighted by molar-refractivity contribution is 0.162. The van der Waals surface area contributed by atoms with E-state index in [0.717, 1.165) is 28.0 Å². The molecule has 3 rings (SSSR count). The molecule has 0 spiro atoms. The summed E-state index contributed by atoms with van der Waals surface area (Å²) in [6.07, 6.45) is 0. The van der Waals surface area contributed by atoms with Gasteiger partial charge in [0.05, 0.1) is 4.90 Å². The highest BCUT2D eigenvalue weighted by molar-refractivity contribution is 7.89. The Morgan fingerprint density at radius 3 is 2.17 bits per heavy atom. The lowest BCUT2D eigenvalue weighted by Gasteiger charge is -2.34. The van der Waals surface area contributed by atoms with Crippen molar-refractivity contribution in [2.24, 2.45) is 0 Å². The first-order valence-electron chi connectivity index (χ1n) is 9.99. The van der Waals surface area contributed by atoms with Gasteiger partial charge in [0.25, 0.3) is 0 Å². The average Bonchev–Trinajstić information content (AvgIpc) is 2.73. The predicted molar refractivity (Wildman–Crippen MR) is 116 cm³/mol. The van der Waals surface area contributed by atoms with Gasteiger partial charge in [-0.25, -0.2) is 13.2 Å². The molecule has 30 heavy (non-hydrogen) atoms. The zero-order valence-corrected chi connectivity index (χ0v) is 18.8. The summed E-state index contributed by atoms with van der Waals surface area (Å²) >= 11 is 0. The van der Waals surface area contributed by atoms with Crippen LogP contribution in [0.25, 0.3) is 0 Å². The summed E-state index contributed by atoms with van der Waals surface area (Å²) in [6, 6.07) is 10.6. The number of ether oxygens (including phenoxy) is 1. The van der Waals surface area contributed by atoms with Crippen molar-refractivity contribution >= 4 is 16.1 Å². The average molecular weight is 432 g/mol. The predicted octanol–water partition coefficient (Wildman–Crippen LogP) is 2.97. The van der Waals surface area contributed by atoms with E-state index in [1.807, 2.05) is 39.8 Å². The highest BCUT2D eigenvalue weighted by atomic mass is 32.2. The van der Waals surface area contributed by atoms with Crippen molar-refractivity contribution in [1.29, 1.82) is 0 Å². The van der Waals surface area contributed by atoms with Crippen LogP contribution in [-0.4, -0.2) is 56.6 Å². The van der Waals surface area contributed by atoms with Gasteiger partial charge >= 0.3 is 6.03 Å². The lowest BCUT2D eigenvalue weighted by atomic mass is 10.1. The molecule has 1 aliphatic rings. The first-order chi connectivity index (χ1) is 14.2. The van der Waals surface area contributed by atoms with Crippen LogP contribution in [0.3, 0.4) is 0 Å². The van der Waals surface area contributed by atoms with Crippen LogP contribution < -0.4 is 10.1 Å². The smallest absolute Gasteiger partial charge is 0.320 e. The van der Waals surface area contributed by atoms with Crippen molar-refractivity contribution in [2.45, 2.75) is 32.6 Å². The maximum absolute atomic E-state index is 12.8. The summed E-state index contributed by atoms with van der Waals surface area (Å²) in [7, 11) is -3.54. The van der Waals surface area contributed by atoms with Gasteiger partial charge in [0, 0.05) is 26.2 Å². The number of carbonyl (C=O) groups is 1. The molecule has 2 aromatic rings. The number of aryl methyl sites for hydroxylation is 3. The number of carbonyl (C=O) groups excluding carboxylic acids is 1. The molecular formula is C22H29N3O4S. The van der Waals surface area contributed by atoms with Crippen LogP contribution in [0.1, 0.15) is 22.3 Å². The number of amides is 2. The standard InChI is InChI=1S/C22H29N3O4S/c1-16-5-9-20(10-6-16)30(27,28)25-13-11-24(12-14-25)22(26)23-15-29-21-18(3)8-7-17(2)19(21)4/h5-10H,11-15H2,1-4H3,(H,23,26). The molecule has 162 valence electrons. The summed E-state index contributed by atoms with van der Waals surface area (Å²) < 4.78 is 32.8. The summed E-state index contributed by atoms with van der Waals surface area (Å²) in [4.78, 5) is 14.3. The number of nitrogens with zero attached hydrogens (tertiary/aromatic N) is 2. The first-order valence-corrected chi connectivity index (χ1v) is 11.4. The lowest BCUT2D eigenvalue weighted by Crippen LogP contribution is -2.53. The van der Waals surface area contributed by atoms with Gasteiger partial charge in [-0.3, -0.25) is 0 Å². The minimum absolute atomic E-state index is 0.0614. The topological polar surface area (TPSA) is 79.0 Å². The highest BCUT2D eigenvalue weighted by Crippen LogP contribution is 2.25. The molecule has 0 saturated carbocycles. The van der Waals surface area contributed by atoms with Crippen molar-refractivity contribution in [3.05, 3.63) is 58.7 Å². The molecular weight excluding hydrogens is 402 g/mol. The van der Waals surface area contributed by atoms with Gasteiger partial charge in [-0.1, -0.05) is 29.8 Å². The number of piperazine rings is 1. The SMILES string of the molecule is Cc1ccc(S(=O)(=O)N2CCN(C(=O)NCOc3c(C)ccc(C)c3C)CC2)cc1. The Morgan fingerprint density at radius 1 is 0.933 bits per heavy atom. The van der Waals surface area contributed by atoms with Crippen molar-refractivity contribution in [3.8, 4) is 5.75 Å². The molecule has 0 unspecified atom stereocenters. The van der Waals surface area contributed by atoms with Crippen LogP contribution >= 0.6 is 0 Å². The Labute approximate surface area is 178 Å². The fourth-order valence-electron chi connectivity index (χ4n) is 3.42. The van der Waals surface area contributed by atoms with Crippen molar-refractivity contribution < 1.29 is 17.9 Å². The number of hydrogen-bond acceptors (Lipinski definition) is 4. The zero-order valence-electron chi connectivity index (χ0n) is 17.9. The van der Waals surface area contributed by atoms with E-state index in [9.17, 15) is 13.2 Å². The van der Waals surface area contributed by atoms with Gasteiger partial charge < -0.3 is 15.0 Å². The highest BCUT2D eigenvalue weighted by Gasteiger charge is 2.30. The summed E-state index contributed by atoms with van der Waals surface area (Å²) in [5.41, 5.74) is 4.21. The molecule has 8 heteroatoms.